The minimum atomic E-state index is -0.413. The molecule has 2 N–H and O–H groups in total. The van der Waals surface area contributed by atoms with Crippen molar-refractivity contribution < 1.29 is 19.1 Å². The zero-order chi connectivity index (χ0) is 17.6. The van der Waals surface area contributed by atoms with E-state index in [1.165, 1.54) is 0 Å². The summed E-state index contributed by atoms with van der Waals surface area (Å²) in [5, 5.41) is 4.54. The van der Waals surface area contributed by atoms with Gasteiger partial charge in [0.25, 0.3) is 17.1 Å². The lowest BCUT2D eigenvalue weighted by Crippen LogP contribution is -2.20. The Kier molecular flexibility index (Phi) is 5.15. The normalized spacial score (nSPS) is 15.1. The number of amides is 3. The number of para-hydroxylation sites is 1. The Morgan fingerprint density at radius 2 is 1.92 bits per heavy atom. The van der Waals surface area contributed by atoms with E-state index >= 15 is 0 Å². The molecule has 1 heterocycles. The van der Waals surface area contributed by atoms with Gasteiger partial charge in [-0.2, -0.15) is 0 Å². The smallest absolute Gasteiger partial charge is 0.290 e. The Morgan fingerprint density at radius 3 is 2.64 bits per heavy atom. The molecule has 0 unspecified atom stereocenters. The number of carbonyl (C=O) groups excluding carboxylic acids is 3. The van der Waals surface area contributed by atoms with E-state index in [1.807, 2.05) is 18.2 Å². The molecule has 2 aromatic carbocycles. The number of imide groups is 1. The number of thioether (sulfide) groups is 1. The number of ether oxygens (including phenoxy) is 1. The largest absolute Gasteiger partial charge is 0.484 e. The molecule has 3 rings (SSSR count). The van der Waals surface area contributed by atoms with Crippen LogP contribution in [0.3, 0.4) is 0 Å². The molecule has 1 aliphatic rings. The van der Waals surface area contributed by atoms with Gasteiger partial charge >= 0.3 is 0 Å². The lowest BCUT2D eigenvalue weighted by Gasteiger charge is -2.08. The highest BCUT2D eigenvalue weighted by molar-refractivity contribution is 8.18. The van der Waals surface area contributed by atoms with Gasteiger partial charge in [0.1, 0.15) is 5.75 Å². The second-order valence-electron chi connectivity index (χ2n) is 5.13. The lowest BCUT2D eigenvalue weighted by molar-refractivity contribution is -0.118. The molecular formula is C18H14N2O4S. The van der Waals surface area contributed by atoms with Crippen molar-refractivity contribution in [1.29, 1.82) is 0 Å². The van der Waals surface area contributed by atoms with Crippen molar-refractivity contribution in [3.05, 3.63) is 65.1 Å². The standard InChI is InChI=1S/C18H14N2O4S/c21-16(19-13-6-2-1-3-7-13)11-24-14-8-4-5-12(9-14)10-15-17(22)20-18(23)25-15/h1-10H,11H2,(H,19,21)(H,20,22,23)/b15-10-. The summed E-state index contributed by atoms with van der Waals surface area (Å²) >= 11 is 0.850. The summed E-state index contributed by atoms with van der Waals surface area (Å²) in [4.78, 5) is 34.9. The van der Waals surface area contributed by atoms with E-state index in [2.05, 4.69) is 10.6 Å². The summed E-state index contributed by atoms with van der Waals surface area (Å²) in [6, 6.07) is 16.0. The van der Waals surface area contributed by atoms with E-state index in [4.69, 9.17) is 4.74 Å². The van der Waals surface area contributed by atoms with E-state index in [9.17, 15) is 14.4 Å². The molecule has 0 radical (unpaired) electrons. The quantitative estimate of drug-likeness (QED) is 0.806. The second kappa shape index (κ2) is 7.67. The molecule has 126 valence electrons. The second-order valence-corrected chi connectivity index (χ2v) is 6.14. The van der Waals surface area contributed by atoms with Gasteiger partial charge in [0.15, 0.2) is 6.61 Å². The van der Waals surface area contributed by atoms with E-state index in [-0.39, 0.29) is 17.8 Å². The van der Waals surface area contributed by atoms with Crippen LogP contribution in [0.15, 0.2) is 59.5 Å². The third-order valence-electron chi connectivity index (χ3n) is 3.23. The zero-order valence-electron chi connectivity index (χ0n) is 13.0. The summed E-state index contributed by atoms with van der Waals surface area (Å²) < 4.78 is 5.48. The van der Waals surface area contributed by atoms with Crippen molar-refractivity contribution >= 4 is 40.6 Å². The number of nitrogens with one attached hydrogen (secondary N) is 2. The van der Waals surface area contributed by atoms with Gasteiger partial charge < -0.3 is 10.1 Å². The van der Waals surface area contributed by atoms with Crippen LogP contribution >= 0.6 is 11.8 Å². The van der Waals surface area contributed by atoms with E-state index in [0.717, 1.165) is 11.8 Å². The van der Waals surface area contributed by atoms with E-state index in [0.29, 0.717) is 21.9 Å². The lowest BCUT2D eigenvalue weighted by atomic mass is 10.2. The van der Waals surface area contributed by atoms with Crippen molar-refractivity contribution in [2.75, 3.05) is 11.9 Å². The Morgan fingerprint density at radius 1 is 1.12 bits per heavy atom. The van der Waals surface area contributed by atoms with Crippen molar-refractivity contribution in [2.45, 2.75) is 0 Å². The van der Waals surface area contributed by atoms with Crippen molar-refractivity contribution in [3.8, 4) is 5.75 Å². The van der Waals surface area contributed by atoms with Crippen LogP contribution in [0.1, 0.15) is 5.56 Å². The van der Waals surface area contributed by atoms with E-state index in [1.54, 1.807) is 42.5 Å². The van der Waals surface area contributed by atoms with Gasteiger partial charge in [-0.1, -0.05) is 30.3 Å². The number of benzene rings is 2. The molecule has 0 aromatic heterocycles. The minimum Gasteiger partial charge on any atom is -0.484 e. The summed E-state index contributed by atoms with van der Waals surface area (Å²) in [7, 11) is 0. The van der Waals surface area contributed by atoms with Crippen LogP contribution in [0.4, 0.5) is 10.5 Å². The first-order valence-corrected chi connectivity index (χ1v) is 8.24. The average Bonchev–Trinajstić information content (AvgIpc) is 2.91. The molecule has 3 amide bonds. The molecular weight excluding hydrogens is 340 g/mol. The first-order chi connectivity index (χ1) is 12.1. The fourth-order valence-corrected chi connectivity index (χ4v) is 2.82. The number of rotatable bonds is 5. The van der Waals surface area contributed by atoms with Crippen LogP contribution < -0.4 is 15.4 Å². The summed E-state index contributed by atoms with van der Waals surface area (Å²) in [5.41, 5.74) is 1.40. The minimum absolute atomic E-state index is 0.136. The van der Waals surface area contributed by atoms with Crippen molar-refractivity contribution in [1.82, 2.24) is 5.32 Å². The first kappa shape index (κ1) is 16.8. The third-order valence-corrected chi connectivity index (χ3v) is 4.04. The molecule has 7 heteroatoms. The summed E-state index contributed by atoms with van der Waals surface area (Å²) in [6.45, 7) is -0.136. The molecule has 2 aromatic rings. The number of hydrogen-bond acceptors (Lipinski definition) is 5. The maximum absolute atomic E-state index is 11.9. The molecule has 0 aliphatic carbocycles. The van der Waals surface area contributed by atoms with Crippen LogP contribution in [0.25, 0.3) is 6.08 Å². The molecule has 0 atom stereocenters. The van der Waals surface area contributed by atoms with Gasteiger partial charge in [0.2, 0.25) is 0 Å². The Labute approximate surface area is 148 Å². The van der Waals surface area contributed by atoms with Gasteiger partial charge in [-0.3, -0.25) is 19.7 Å². The van der Waals surface area contributed by atoms with Gasteiger partial charge in [-0.05, 0) is 47.7 Å². The number of carbonyl (C=O) groups is 3. The monoisotopic (exact) mass is 354 g/mol. The summed E-state index contributed by atoms with van der Waals surface area (Å²) in [5.74, 6) is -0.192. The van der Waals surface area contributed by atoms with Gasteiger partial charge in [-0.15, -0.1) is 0 Å². The maximum Gasteiger partial charge on any atom is 0.290 e. The average molecular weight is 354 g/mol. The molecule has 0 saturated carbocycles. The molecule has 25 heavy (non-hydrogen) atoms. The third kappa shape index (κ3) is 4.71. The molecule has 6 nitrogen and oxygen atoms in total. The van der Waals surface area contributed by atoms with Gasteiger partial charge in [-0.25, -0.2) is 0 Å². The predicted molar refractivity (Wildman–Crippen MR) is 96.1 cm³/mol. The topological polar surface area (TPSA) is 84.5 Å². The SMILES string of the molecule is O=C(COc1cccc(/C=C2\SC(=O)NC2=O)c1)Nc1ccccc1. The van der Waals surface area contributed by atoms with E-state index < -0.39 is 5.91 Å². The molecule has 1 aliphatic heterocycles. The van der Waals surface area contributed by atoms with Crippen LogP contribution in [-0.4, -0.2) is 23.7 Å². The van der Waals surface area contributed by atoms with Gasteiger partial charge in [0, 0.05) is 5.69 Å². The highest BCUT2D eigenvalue weighted by Gasteiger charge is 2.24. The Hall–Kier alpha value is -3.06. The van der Waals surface area contributed by atoms with Crippen LogP contribution in [0.2, 0.25) is 0 Å². The predicted octanol–water partition coefficient (Wildman–Crippen LogP) is 3.03. The number of hydrogen-bond donors (Lipinski definition) is 2. The Balaban J connectivity index is 1.60. The van der Waals surface area contributed by atoms with Gasteiger partial charge in [0.05, 0.1) is 4.91 Å². The Bertz CT molecular complexity index is 849. The van der Waals surface area contributed by atoms with Crippen LogP contribution in [0, 0.1) is 0 Å². The maximum atomic E-state index is 11.9. The van der Waals surface area contributed by atoms with Crippen molar-refractivity contribution in [2.24, 2.45) is 0 Å². The van der Waals surface area contributed by atoms with Crippen LogP contribution in [-0.2, 0) is 9.59 Å². The van der Waals surface area contributed by atoms with Crippen molar-refractivity contribution in [3.63, 3.8) is 0 Å². The molecule has 1 saturated heterocycles. The fourth-order valence-electron chi connectivity index (χ4n) is 2.13. The summed E-state index contributed by atoms with van der Waals surface area (Å²) in [6.07, 6.45) is 1.60. The van der Waals surface area contributed by atoms with Crippen LogP contribution in [0.5, 0.6) is 5.75 Å². The molecule has 1 fully saturated rings. The first-order valence-electron chi connectivity index (χ1n) is 7.43. The number of anilines is 1. The zero-order valence-corrected chi connectivity index (χ0v) is 13.8. The highest BCUT2D eigenvalue weighted by atomic mass is 32.2. The highest BCUT2D eigenvalue weighted by Crippen LogP contribution is 2.26. The molecule has 0 bridgehead atoms. The molecule has 0 spiro atoms. The fraction of sp³-hybridized carbons (Fsp3) is 0.0556.